The number of Topliss-reactive ketones (excluding diaryl/α,β-unsaturated/α-hetero) is 1. The van der Waals surface area contributed by atoms with Gasteiger partial charge in [0.15, 0.2) is 0 Å². The molecule has 1 unspecified atom stereocenters. The van der Waals surface area contributed by atoms with Crippen LogP contribution in [0.4, 0.5) is 5.69 Å². The number of furan rings is 1. The molecule has 0 bridgehead atoms. The van der Waals surface area contributed by atoms with Gasteiger partial charge in [0.05, 0.1) is 18.9 Å². The molecule has 1 aliphatic heterocycles. The second-order valence-electron chi connectivity index (χ2n) is 7.20. The summed E-state index contributed by atoms with van der Waals surface area (Å²) in [5.74, 6) is -0.694. The number of rotatable bonds is 4. The molecular weight excluding hydrogens is 382 g/mol. The number of hydrogen-bond acceptors (Lipinski definition) is 5. The van der Waals surface area contributed by atoms with E-state index in [9.17, 15) is 14.7 Å². The monoisotopic (exact) mass is 403 g/mol. The van der Waals surface area contributed by atoms with Crippen molar-refractivity contribution in [3.63, 3.8) is 0 Å². The number of carbonyl (C=O) groups excluding carboxylic acids is 2. The molecule has 1 aromatic heterocycles. The van der Waals surface area contributed by atoms with Crippen molar-refractivity contribution in [3.8, 4) is 5.75 Å². The molecular formula is C24H21NO5. The zero-order valence-electron chi connectivity index (χ0n) is 16.9. The van der Waals surface area contributed by atoms with Crippen molar-refractivity contribution in [2.75, 3.05) is 12.0 Å². The van der Waals surface area contributed by atoms with Crippen LogP contribution in [0.5, 0.6) is 5.75 Å². The number of amides is 1. The highest BCUT2D eigenvalue weighted by atomic mass is 16.5. The van der Waals surface area contributed by atoms with Crippen molar-refractivity contribution < 1.29 is 23.8 Å². The summed E-state index contributed by atoms with van der Waals surface area (Å²) in [5.41, 5.74) is 2.66. The first-order valence-corrected chi connectivity index (χ1v) is 9.48. The third-order valence-electron chi connectivity index (χ3n) is 5.23. The van der Waals surface area contributed by atoms with Crippen molar-refractivity contribution >= 4 is 23.1 Å². The van der Waals surface area contributed by atoms with Gasteiger partial charge in [0.25, 0.3) is 11.7 Å². The summed E-state index contributed by atoms with van der Waals surface area (Å²) in [5, 5.41) is 11.1. The average molecular weight is 403 g/mol. The Morgan fingerprint density at radius 2 is 1.87 bits per heavy atom. The lowest BCUT2D eigenvalue weighted by molar-refractivity contribution is -0.132. The van der Waals surface area contributed by atoms with Gasteiger partial charge in [-0.3, -0.25) is 14.5 Å². The highest BCUT2D eigenvalue weighted by Gasteiger charge is 2.48. The second kappa shape index (κ2) is 7.55. The summed E-state index contributed by atoms with van der Waals surface area (Å²) >= 11 is 0. The van der Waals surface area contributed by atoms with E-state index >= 15 is 0 Å². The molecule has 2 aromatic carbocycles. The molecule has 3 aromatic rings. The number of ether oxygens (including phenoxy) is 1. The molecule has 0 radical (unpaired) electrons. The van der Waals surface area contributed by atoms with Crippen molar-refractivity contribution in [3.05, 3.63) is 88.9 Å². The first-order chi connectivity index (χ1) is 14.4. The van der Waals surface area contributed by atoms with Crippen molar-refractivity contribution in [1.82, 2.24) is 0 Å². The van der Waals surface area contributed by atoms with Crippen LogP contribution in [0.2, 0.25) is 0 Å². The van der Waals surface area contributed by atoms with Crippen LogP contribution >= 0.6 is 0 Å². The summed E-state index contributed by atoms with van der Waals surface area (Å²) in [6.45, 7) is 3.71. The predicted octanol–water partition coefficient (Wildman–Crippen LogP) is 4.53. The Morgan fingerprint density at radius 1 is 1.07 bits per heavy atom. The Kier molecular flexibility index (Phi) is 4.91. The third-order valence-corrected chi connectivity index (χ3v) is 5.23. The van der Waals surface area contributed by atoms with Crippen molar-refractivity contribution in [1.29, 1.82) is 0 Å². The number of aryl methyl sites for hydroxylation is 2. The van der Waals surface area contributed by atoms with E-state index < -0.39 is 17.7 Å². The zero-order chi connectivity index (χ0) is 21.4. The second-order valence-corrected chi connectivity index (χ2v) is 7.20. The zero-order valence-corrected chi connectivity index (χ0v) is 16.9. The smallest absolute Gasteiger partial charge is 0.300 e. The van der Waals surface area contributed by atoms with Gasteiger partial charge < -0.3 is 14.3 Å². The highest BCUT2D eigenvalue weighted by Crippen LogP contribution is 2.42. The molecule has 4 rings (SSSR count). The topological polar surface area (TPSA) is 80.0 Å². The number of methoxy groups -OCH3 is 1. The lowest BCUT2D eigenvalue weighted by atomic mass is 9.96. The van der Waals surface area contributed by atoms with Crippen LogP contribution in [0.25, 0.3) is 5.76 Å². The fraction of sp³-hybridized carbons (Fsp3) is 0.167. The summed E-state index contributed by atoms with van der Waals surface area (Å²) < 4.78 is 10.8. The maximum atomic E-state index is 13.1. The molecule has 2 heterocycles. The van der Waals surface area contributed by atoms with E-state index in [1.165, 1.54) is 11.2 Å². The van der Waals surface area contributed by atoms with Crippen LogP contribution in [0, 0.1) is 13.8 Å². The number of nitrogens with zero attached hydrogens (tertiary/aromatic N) is 1. The summed E-state index contributed by atoms with van der Waals surface area (Å²) in [6.07, 6.45) is 1.48. The van der Waals surface area contributed by atoms with Gasteiger partial charge in [0, 0.05) is 11.3 Å². The highest BCUT2D eigenvalue weighted by molar-refractivity contribution is 6.51. The number of hydrogen-bond donors (Lipinski definition) is 1. The lowest BCUT2D eigenvalue weighted by Gasteiger charge is -2.23. The molecule has 1 N–H and O–H groups in total. The van der Waals surface area contributed by atoms with Gasteiger partial charge in [-0.05, 0) is 67.4 Å². The molecule has 0 saturated carbocycles. The van der Waals surface area contributed by atoms with Crippen LogP contribution in [0.3, 0.4) is 0 Å². The van der Waals surface area contributed by atoms with Gasteiger partial charge in [-0.2, -0.15) is 0 Å². The Morgan fingerprint density at radius 3 is 2.50 bits per heavy atom. The number of aliphatic hydroxyl groups is 1. The Labute approximate surface area is 174 Å². The average Bonchev–Trinajstić information content (AvgIpc) is 3.34. The molecule has 6 heteroatoms. The van der Waals surface area contributed by atoms with Gasteiger partial charge in [0.2, 0.25) is 0 Å². The fourth-order valence-electron chi connectivity index (χ4n) is 3.77. The van der Waals surface area contributed by atoms with Crippen LogP contribution in [0.15, 0.2) is 70.9 Å². The Bertz CT molecular complexity index is 1160. The quantitative estimate of drug-likeness (QED) is 0.393. The Hall–Kier alpha value is -3.80. The first-order valence-electron chi connectivity index (χ1n) is 9.48. The molecule has 152 valence electrons. The molecule has 1 amide bonds. The maximum Gasteiger partial charge on any atom is 0.300 e. The van der Waals surface area contributed by atoms with E-state index in [0.717, 1.165) is 5.56 Å². The summed E-state index contributed by atoms with van der Waals surface area (Å²) in [4.78, 5) is 27.5. The van der Waals surface area contributed by atoms with Gasteiger partial charge in [-0.1, -0.05) is 12.1 Å². The fourth-order valence-corrected chi connectivity index (χ4v) is 3.77. The first kappa shape index (κ1) is 19.5. The van der Waals surface area contributed by atoms with E-state index in [0.29, 0.717) is 28.3 Å². The van der Waals surface area contributed by atoms with Crippen LogP contribution in [-0.2, 0) is 9.59 Å². The predicted molar refractivity (Wildman–Crippen MR) is 112 cm³/mol. The van der Waals surface area contributed by atoms with Gasteiger partial charge in [-0.15, -0.1) is 0 Å². The van der Waals surface area contributed by atoms with Gasteiger partial charge in [-0.25, -0.2) is 0 Å². The molecule has 30 heavy (non-hydrogen) atoms. The minimum atomic E-state index is -0.872. The maximum absolute atomic E-state index is 13.1. The largest absolute Gasteiger partial charge is 0.507 e. The van der Waals surface area contributed by atoms with E-state index in [1.54, 1.807) is 50.4 Å². The van der Waals surface area contributed by atoms with Gasteiger partial charge in [0.1, 0.15) is 23.3 Å². The van der Waals surface area contributed by atoms with Crippen LogP contribution in [0.1, 0.15) is 28.5 Å². The minimum absolute atomic E-state index is 0.00952. The third kappa shape index (κ3) is 3.16. The Balaban J connectivity index is 1.93. The number of carbonyl (C=O) groups is 2. The van der Waals surface area contributed by atoms with Crippen molar-refractivity contribution in [2.45, 2.75) is 19.9 Å². The molecule has 1 saturated heterocycles. The van der Waals surface area contributed by atoms with Crippen LogP contribution < -0.4 is 9.64 Å². The summed E-state index contributed by atoms with van der Waals surface area (Å²) in [7, 11) is 1.55. The molecule has 1 atom stereocenters. The standard InChI is InChI=1S/C24H21NO5/c1-14-6-4-7-16(12-14)25-21(19-8-5-11-30-19)20(23(27)24(25)28)22(26)18-10-9-17(29-3)13-15(18)2/h4-13,21,26H,1-3H3/b22-20-. The lowest BCUT2D eigenvalue weighted by Crippen LogP contribution is -2.29. The molecule has 0 spiro atoms. The molecule has 1 fully saturated rings. The van der Waals surface area contributed by atoms with Crippen LogP contribution in [-0.4, -0.2) is 23.9 Å². The van der Waals surface area contributed by atoms with E-state index in [2.05, 4.69) is 0 Å². The van der Waals surface area contributed by atoms with Gasteiger partial charge >= 0.3 is 0 Å². The normalized spacial score (nSPS) is 18.1. The number of benzene rings is 2. The SMILES string of the molecule is COc1ccc(/C(O)=C2/C(=O)C(=O)N(c3cccc(C)c3)C2c2ccco2)c(C)c1. The van der Waals surface area contributed by atoms with Crippen molar-refractivity contribution in [2.24, 2.45) is 0 Å². The number of aliphatic hydroxyl groups excluding tert-OH is 1. The molecule has 0 aliphatic carbocycles. The number of anilines is 1. The van der Waals surface area contributed by atoms with E-state index in [4.69, 9.17) is 9.15 Å². The number of ketones is 1. The molecule has 1 aliphatic rings. The van der Waals surface area contributed by atoms with E-state index in [-0.39, 0.29) is 11.3 Å². The molecule has 6 nitrogen and oxygen atoms in total. The summed E-state index contributed by atoms with van der Waals surface area (Å²) in [6, 6.07) is 14.9. The van der Waals surface area contributed by atoms with E-state index in [1.807, 2.05) is 25.1 Å². The minimum Gasteiger partial charge on any atom is -0.507 e.